The summed E-state index contributed by atoms with van der Waals surface area (Å²) in [5.74, 6) is 0.741. The van der Waals surface area contributed by atoms with Crippen LogP contribution in [0.1, 0.15) is 22.3 Å². The van der Waals surface area contributed by atoms with Gasteiger partial charge in [0, 0.05) is 11.6 Å². The molecule has 24 heavy (non-hydrogen) atoms. The van der Waals surface area contributed by atoms with Gasteiger partial charge in [-0.1, -0.05) is 17.7 Å². The van der Waals surface area contributed by atoms with Gasteiger partial charge in [-0.05, 0) is 74.2 Å². The van der Waals surface area contributed by atoms with E-state index in [4.69, 9.17) is 16.3 Å². The second kappa shape index (κ2) is 7.55. The van der Waals surface area contributed by atoms with Crippen molar-refractivity contribution >= 4 is 21.6 Å². The van der Waals surface area contributed by atoms with Gasteiger partial charge in [0.1, 0.15) is 12.4 Å². The van der Waals surface area contributed by atoms with Crippen molar-refractivity contribution in [2.75, 3.05) is 13.2 Å². The molecule has 0 unspecified atom stereocenters. The summed E-state index contributed by atoms with van der Waals surface area (Å²) < 4.78 is 33.0. The zero-order valence-corrected chi connectivity index (χ0v) is 15.9. The number of aryl methyl sites for hydroxylation is 4. The van der Waals surface area contributed by atoms with Crippen molar-refractivity contribution in [1.82, 2.24) is 4.72 Å². The molecule has 0 heterocycles. The molecule has 2 rings (SSSR count). The first-order chi connectivity index (χ1) is 11.2. The molecule has 6 heteroatoms. The molecular weight excluding hydrogens is 346 g/mol. The third-order valence-corrected chi connectivity index (χ3v) is 5.61. The van der Waals surface area contributed by atoms with Gasteiger partial charge in [-0.25, -0.2) is 13.1 Å². The van der Waals surface area contributed by atoms with Crippen molar-refractivity contribution in [1.29, 1.82) is 0 Å². The highest BCUT2D eigenvalue weighted by Crippen LogP contribution is 2.23. The van der Waals surface area contributed by atoms with Crippen molar-refractivity contribution < 1.29 is 13.2 Å². The van der Waals surface area contributed by atoms with E-state index in [0.29, 0.717) is 10.6 Å². The molecular formula is C18H22ClNO3S. The molecule has 0 amide bonds. The van der Waals surface area contributed by atoms with Crippen LogP contribution in [0.25, 0.3) is 0 Å². The van der Waals surface area contributed by atoms with Crippen LogP contribution in [0.3, 0.4) is 0 Å². The van der Waals surface area contributed by atoms with E-state index >= 15 is 0 Å². The van der Waals surface area contributed by atoms with Crippen LogP contribution in [-0.4, -0.2) is 21.6 Å². The van der Waals surface area contributed by atoms with Gasteiger partial charge in [-0.15, -0.1) is 0 Å². The molecule has 0 bridgehead atoms. The van der Waals surface area contributed by atoms with Crippen molar-refractivity contribution in [3.05, 3.63) is 57.6 Å². The highest BCUT2D eigenvalue weighted by atomic mass is 35.5. The zero-order chi connectivity index (χ0) is 17.9. The fourth-order valence-electron chi connectivity index (χ4n) is 2.48. The first-order valence-corrected chi connectivity index (χ1v) is 9.52. The fourth-order valence-corrected chi connectivity index (χ4v) is 4.02. The molecule has 0 atom stereocenters. The number of hydrogen-bond acceptors (Lipinski definition) is 3. The molecule has 2 aromatic carbocycles. The molecule has 0 aliphatic heterocycles. The Morgan fingerprint density at radius 3 is 2.21 bits per heavy atom. The SMILES string of the molecule is Cc1cc(C)cc(OCCNS(=O)(=O)c2cc(C)c(Cl)cc2C)c1. The fraction of sp³-hybridized carbons (Fsp3) is 0.333. The molecule has 0 radical (unpaired) electrons. The predicted octanol–water partition coefficient (Wildman–Crippen LogP) is 3.93. The van der Waals surface area contributed by atoms with E-state index < -0.39 is 10.0 Å². The van der Waals surface area contributed by atoms with Gasteiger partial charge < -0.3 is 4.74 Å². The van der Waals surface area contributed by atoms with Crippen LogP contribution in [-0.2, 0) is 10.0 Å². The molecule has 2 aromatic rings. The molecule has 0 aromatic heterocycles. The van der Waals surface area contributed by atoms with Crippen molar-refractivity contribution in [3.8, 4) is 5.75 Å². The summed E-state index contributed by atoms with van der Waals surface area (Å²) in [6.07, 6.45) is 0. The normalized spacial score (nSPS) is 11.5. The number of ether oxygens (including phenoxy) is 1. The lowest BCUT2D eigenvalue weighted by atomic mass is 10.1. The molecule has 0 aliphatic carbocycles. The highest BCUT2D eigenvalue weighted by Gasteiger charge is 2.17. The Morgan fingerprint density at radius 1 is 0.958 bits per heavy atom. The van der Waals surface area contributed by atoms with Gasteiger partial charge >= 0.3 is 0 Å². The Labute approximate surface area is 148 Å². The molecule has 0 aliphatic rings. The van der Waals surface area contributed by atoms with Crippen LogP contribution in [0, 0.1) is 27.7 Å². The average Bonchev–Trinajstić information content (AvgIpc) is 2.46. The van der Waals surface area contributed by atoms with Gasteiger partial charge in [-0.3, -0.25) is 0 Å². The van der Waals surface area contributed by atoms with Crippen molar-refractivity contribution in [2.24, 2.45) is 0 Å². The summed E-state index contributed by atoms with van der Waals surface area (Å²) in [5.41, 5.74) is 3.57. The Balaban J connectivity index is 1.99. The molecule has 0 saturated carbocycles. The van der Waals surface area contributed by atoms with Crippen LogP contribution >= 0.6 is 11.6 Å². The zero-order valence-electron chi connectivity index (χ0n) is 14.3. The molecule has 130 valence electrons. The number of sulfonamides is 1. The summed E-state index contributed by atoms with van der Waals surface area (Å²) in [7, 11) is -3.59. The lowest BCUT2D eigenvalue weighted by Gasteiger charge is -2.12. The lowest BCUT2D eigenvalue weighted by molar-refractivity contribution is 0.322. The summed E-state index contributed by atoms with van der Waals surface area (Å²) in [6, 6.07) is 9.16. The minimum absolute atomic E-state index is 0.191. The lowest BCUT2D eigenvalue weighted by Crippen LogP contribution is -2.29. The minimum atomic E-state index is -3.59. The van der Waals surface area contributed by atoms with Crippen LogP contribution in [0.15, 0.2) is 35.2 Å². The average molecular weight is 368 g/mol. The monoisotopic (exact) mass is 367 g/mol. The van der Waals surface area contributed by atoms with E-state index in [1.807, 2.05) is 26.0 Å². The van der Waals surface area contributed by atoms with Crippen molar-refractivity contribution in [3.63, 3.8) is 0 Å². The van der Waals surface area contributed by atoms with Gasteiger partial charge in [0.05, 0.1) is 4.90 Å². The molecule has 0 saturated heterocycles. The Morgan fingerprint density at radius 2 is 1.58 bits per heavy atom. The smallest absolute Gasteiger partial charge is 0.240 e. The third-order valence-electron chi connectivity index (χ3n) is 3.60. The van der Waals surface area contributed by atoms with Crippen LogP contribution in [0.4, 0.5) is 0 Å². The number of rotatable bonds is 6. The largest absolute Gasteiger partial charge is 0.492 e. The van der Waals surface area contributed by atoms with E-state index in [9.17, 15) is 8.42 Å². The maximum absolute atomic E-state index is 12.4. The molecule has 0 spiro atoms. The Bertz CT molecular complexity index is 827. The van der Waals surface area contributed by atoms with Gasteiger partial charge in [0.25, 0.3) is 0 Å². The first kappa shape index (κ1) is 18.8. The van der Waals surface area contributed by atoms with Crippen LogP contribution < -0.4 is 9.46 Å². The van der Waals surface area contributed by atoms with Crippen LogP contribution in [0.2, 0.25) is 5.02 Å². The van der Waals surface area contributed by atoms with E-state index in [1.54, 1.807) is 26.0 Å². The number of halogens is 1. The predicted molar refractivity (Wildman–Crippen MR) is 97.5 cm³/mol. The molecule has 0 fully saturated rings. The van der Waals surface area contributed by atoms with E-state index in [1.165, 1.54) is 0 Å². The molecule has 1 N–H and O–H groups in total. The maximum atomic E-state index is 12.4. The first-order valence-electron chi connectivity index (χ1n) is 7.66. The van der Waals surface area contributed by atoms with E-state index in [0.717, 1.165) is 22.4 Å². The maximum Gasteiger partial charge on any atom is 0.240 e. The second-order valence-electron chi connectivity index (χ2n) is 5.94. The topological polar surface area (TPSA) is 55.4 Å². The number of hydrogen-bond donors (Lipinski definition) is 1. The van der Waals surface area contributed by atoms with E-state index in [-0.39, 0.29) is 18.0 Å². The molecule has 4 nitrogen and oxygen atoms in total. The minimum Gasteiger partial charge on any atom is -0.492 e. The van der Waals surface area contributed by atoms with Gasteiger partial charge in [0.15, 0.2) is 0 Å². The number of benzene rings is 2. The summed E-state index contributed by atoms with van der Waals surface area (Å²) in [5, 5.41) is 0.560. The van der Waals surface area contributed by atoms with Gasteiger partial charge in [0.2, 0.25) is 10.0 Å². The van der Waals surface area contributed by atoms with E-state index in [2.05, 4.69) is 10.8 Å². The standard InChI is InChI=1S/C18H22ClNO3S/c1-12-7-13(2)9-16(8-12)23-6-5-20-24(21,22)18-11-14(3)17(19)10-15(18)4/h7-11,20H,5-6H2,1-4H3. The highest BCUT2D eigenvalue weighted by molar-refractivity contribution is 7.89. The Hall–Kier alpha value is -1.56. The summed E-state index contributed by atoms with van der Waals surface area (Å²) in [6.45, 7) is 7.95. The Kier molecular flexibility index (Phi) is 5.91. The summed E-state index contributed by atoms with van der Waals surface area (Å²) in [4.78, 5) is 0.246. The van der Waals surface area contributed by atoms with Gasteiger partial charge in [-0.2, -0.15) is 0 Å². The van der Waals surface area contributed by atoms with Crippen LogP contribution in [0.5, 0.6) is 5.75 Å². The van der Waals surface area contributed by atoms with Crippen molar-refractivity contribution in [2.45, 2.75) is 32.6 Å². The number of nitrogens with one attached hydrogen (secondary N) is 1. The quantitative estimate of drug-likeness (QED) is 0.787. The second-order valence-corrected chi connectivity index (χ2v) is 8.08. The third kappa shape index (κ3) is 4.72. The summed E-state index contributed by atoms with van der Waals surface area (Å²) >= 11 is 6.02.